The Hall–Kier alpha value is -4.61. The molecule has 0 saturated heterocycles. The molecule has 4 aromatic carbocycles. The van der Waals surface area contributed by atoms with Crippen molar-refractivity contribution in [3.63, 3.8) is 0 Å². The number of nitrogens with one attached hydrogen (secondary N) is 1. The fourth-order valence-electron chi connectivity index (χ4n) is 4.77. The normalized spacial score (nSPS) is 11.8. The summed E-state index contributed by atoms with van der Waals surface area (Å²) < 4.78 is 54.8. The van der Waals surface area contributed by atoms with E-state index in [1.54, 1.807) is 18.2 Å². The number of carbonyl (C=O) groups excluding carboxylic acids is 2. The Labute approximate surface area is 267 Å². The maximum atomic E-state index is 14.9. The third kappa shape index (κ3) is 7.92. The zero-order valence-corrected chi connectivity index (χ0v) is 26.5. The lowest BCUT2D eigenvalue weighted by atomic mass is 10.0. The van der Waals surface area contributed by atoms with Gasteiger partial charge in [-0.1, -0.05) is 60.1 Å². The second kappa shape index (κ2) is 14.9. The van der Waals surface area contributed by atoms with Crippen molar-refractivity contribution in [2.45, 2.75) is 23.9 Å². The lowest BCUT2D eigenvalue weighted by Crippen LogP contribution is -2.53. The van der Waals surface area contributed by atoms with Gasteiger partial charge in [0.15, 0.2) is 11.5 Å². The number of carbonyl (C=O) groups is 2. The van der Waals surface area contributed by atoms with Gasteiger partial charge in [0.1, 0.15) is 18.4 Å². The zero-order valence-electron chi connectivity index (χ0n) is 24.9. The van der Waals surface area contributed by atoms with Crippen molar-refractivity contribution in [2.75, 3.05) is 32.1 Å². The van der Waals surface area contributed by atoms with Crippen LogP contribution in [0.4, 0.5) is 10.1 Å². The number of sulfonamides is 1. The highest BCUT2D eigenvalue weighted by molar-refractivity contribution is 7.92. The number of rotatable bonds is 13. The number of benzene rings is 4. The lowest BCUT2D eigenvalue weighted by Gasteiger charge is -2.33. The quantitative estimate of drug-likeness (QED) is 0.216. The van der Waals surface area contributed by atoms with Gasteiger partial charge in [0.25, 0.3) is 10.0 Å². The van der Waals surface area contributed by atoms with Gasteiger partial charge in [-0.25, -0.2) is 12.8 Å². The summed E-state index contributed by atoms with van der Waals surface area (Å²) in [4.78, 5) is 28.7. The molecule has 1 N–H and O–H groups in total. The largest absolute Gasteiger partial charge is 0.493 e. The van der Waals surface area contributed by atoms with Gasteiger partial charge in [0.05, 0.1) is 24.8 Å². The predicted molar refractivity (Wildman–Crippen MR) is 170 cm³/mol. The van der Waals surface area contributed by atoms with Gasteiger partial charge in [0, 0.05) is 36.7 Å². The van der Waals surface area contributed by atoms with E-state index in [-0.39, 0.29) is 34.9 Å². The molecule has 45 heavy (non-hydrogen) atoms. The average molecular weight is 654 g/mol. The SMILES string of the molecule is CNC(=O)C(Cc1ccccc1)N(Cc1ccccc1F)C(=O)CN(c1ccc(Cl)cc1)S(=O)(=O)c1ccc(OC)c(OC)c1. The Bertz CT molecular complexity index is 1740. The van der Waals surface area contributed by atoms with Gasteiger partial charge in [-0.3, -0.25) is 13.9 Å². The van der Waals surface area contributed by atoms with E-state index in [1.165, 1.54) is 86.8 Å². The zero-order chi connectivity index (χ0) is 32.6. The molecule has 1 unspecified atom stereocenters. The maximum absolute atomic E-state index is 14.9. The number of amides is 2. The first-order valence-corrected chi connectivity index (χ1v) is 15.7. The molecule has 0 aliphatic heterocycles. The fraction of sp³-hybridized carbons (Fsp3) is 0.212. The first-order valence-electron chi connectivity index (χ1n) is 13.9. The maximum Gasteiger partial charge on any atom is 0.264 e. The molecule has 0 radical (unpaired) electrons. The van der Waals surface area contributed by atoms with Crippen molar-refractivity contribution in [1.82, 2.24) is 10.2 Å². The van der Waals surface area contributed by atoms with Crippen LogP contribution >= 0.6 is 11.6 Å². The van der Waals surface area contributed by atoms with Crippen LogP contribution in [0.5, 0.6) is 11.5 Å². The number of hydrogen-bond donors (Lipinski definition) is 1. The number of halogens is 2. The van der Waals surface area contributed by atoms with Crippen LogP contribution in [0.25, 0.3) is 0 Å². The van der Waals surface area contributed by atoms with Gasteiger partial charge in [-0.15, -0.1) is 0 Å². The second-order valence-electron chi connectivity index (χ2n) is 9.94. The summed E-state index contributed by atoms with van der Waals surface area (Å²) in [6.45, 7) is -1.00. The minimum Gasteiger partial charge on any atom is -0.493 e. The number of anilines is 1. The summed E-state index contributed by atoms with van der Waals surface area (Å²) in [5, 5.41) is 2.95. The van der Waals surface area contributed by atoms with E-state index < -0.39 is 40.2 Å². The lowest BCUT2D eigenvalue weighted by molar-refractivity contribution is -0.139. The highest BCUT2D eigenvalue weighted by Crippen LogP contribution is 2.33. The molecule has 0 spiro atoms. The Kier molecular flexibility index (Phi) is 11.0. The van der Waals surface area contributed by atoms with Crippen molar-refractivity contribution < 1.29 is 31.9 Å². The standard InChI is InChI=1S/C33H33ClFN3O6S/c1-36-33(40)29(19-23-9-5-4-6-10-23)37(21-24-11-7-8-12-28(24)35)32(39)22-38(26-15-13-25(34)14-16-26)45(41,42)27-17-18-30(43-2)31(20-27)44-3/h4-18,20,29H,19,21-22H2,1-3H3,(H,36,40). The summed E-state index contributed by atoms with van der Waals surface area (Å²) in [6, 6.07) is 23.9. The highest BCUT2D eigenvalue weighted by Gasteiger charge is 2.35. The van der Waals surface area contributed by atoms with Crippen molar-refractivity contribution in [1.29, 1.82) is 0 Å². The number of likely N-dealkylation sites (N-methyl/N-ethyl adjacent to an activating group) is 1. The number of hydrogen-bond acceptors (Lipinski definition) is 6. The van der Waals surface area contributed by atoms with E-state index in [2.05, 4.69) is 5.32 Å². The van der Waals surface area contributed by atoms with Crippen LogP contribution in [0.3, 0.4) is 0 Å². The van der Waals surface area contributed by atoms with Crippen LogP contribution < -0.4 is 19.1 Å². The first-order chi connectivity index (χ1) is 21.6. The van der Waals surface area contributed by atoms with E-state index in [9.17, 15) is 22.4 Å². The fourth-order valence-corrected chi connectivity index (χ4v) is 6.33. The molecule has 0 fully saturated rings. The van der Waals surface area contributed by atoms with E-state index in [1.807, 2.05) is 18.2 Å². The number of methoxy groups -OCH3 is 2. The molecule has 2 amide bonds. The van der Waals surface area contributed by atoms with E-state index in [0.29, 0.717) is 10.8 Å². The third-order valence-electron chi connectivity index (χ3n) is 7.15. The third-order valence-corrected chi connectivity index (χ3v) is 9.17. The van der Waals surface area contributed by atoms with Gasteiger partial charge < -0.3 is 19.7 Å². The van der Waals surface area contributed by atoms with Crippen LogP contribution in [-0.2, 0) is 32.6 Å². The minimum absolute atomic E-state index is 0.101. The summed E-state index contributed by atoms with van der Waals surface area (Å²) in [5.74, 6) is -1.31. The van der Waals surface area contributed by atoms with Crippen LogP contribution in [0, 0.1) is 5.82 Å². The van der Waals surface area contributed by atoms with E-state index >= 15 is 0 Å². The molecule has 4 aromatic rings. The first kappa shape index (κ1) is 33.3. The number of ether oxygens (including phenoxy) is 2. The molecule has 9 nitrogen and oxygen atoms in total. The van der Waals surface area contributed by atoms with Crippen LogP contribution in [0.2, 0.25) is 5.02 Å². The Morgan fingerprint density at radius 1 is 0.889 bits per heavy atom. The summed E-state index contributed by atoms with van der Waals surface area (Å²) >= 11 is 6.10. The van der Waals surface area contributed by atoms with Crippen molar-refractivity contribution in [3.8, 4) is 11.5 Å². The predicted octanol–water partition coefficient (Wildman–Crippen LogP) is 5.08. The van der Waals surface area contributed by atoms with Gasteiger partial charge in [-0.2, -0.15) is 0 Å². The molecule has 1 atom stereocenters. The molecule has 4 rings (SSSR count). The molecular formula is C33H33ClFN3O6S. The molecule has 0 saturated carbocycles. The topological polar surface area (TPSA) is 105 Å². The summed E-state index contributed by atoms with van der Waals surface area (Å²) in [6.07, 6.45) is 0.101. The Morgan fingerprint density at radius 2 is 1.53 bits per heavy atom. The molecule has 0 aromatic heterocycles. The monoisotopic (exact) mass is 653 g/mol. The highest BCUT2D eigenvalue weighted by atomic mass is 35.5. The Morgan fingerprint density at radius 3 is 2.16 bits per heavy atom. The molecule has 236 valence electrons. The van der Waals surface area contributed by atoms with Crippen molar-refractivity contribution in [2.24, 2.45) is 0 Å². The van der Waals surface area contributed by atoms with E-state index in [4.69, 9.17) is 21.1 Å². The van der Waals surface area contributed by atoms with Gasteiger partial charge >= 0.3 is 0 Å². The molecule has 0 aliphatic rings. The van der Waals surface area contributed by atoms with Crippen LogP contribution in [-0.4, -0.2) is 59.0 Å². The van der Waals surface area contributed by atoms with Crippen molar-refractivity contribution >= 4 is 39.1 Å². The summed E-state index contributed by atoms with van der Waals surface area (Å²) in [5.41, 5.74) is 1.06. The molecule has 0 bridgehead atoms. The smallest absolute Gasteiger partial charge is 0.264 e. The second-order valence-corrected chi connectivity index (χ2v) is 12.2. The average Bonchev–Trinajstić information content (AvgIpc) is 3.06. The molecule has 0 aliphatic carbocycles. The molecule has 0 heterocycles. The molecule has 12 heteroatoms. The summed E-state index contributed by atoms with van der Waals surface area (Å²) in [7, 11) is -0.174. The van der Waals surface area contributed by atoms with Crippen LogP contribution in [0.1, 0.15) is 11.1 Å². The minimum atomic E-state index is -4.41. The Balaban J connectivity index is 1.81. The van der Waals surface area contributed by atoms with E-state index in [0.717, 1.165) is 9.87 Å². The van der Waals surface area contributed by atoms with Crippen LogP contribution in [0.15, 0.2) is 102 Å². The van der Waals surface area contributed by atoms with Gasteiger partial charge in [-0.05, 0) is 48.0 Å². The van der Waals surface area contributed by atoms with Crippen molar-refractivity contribution in [3.05, 3.63) is 119 Å². The van der Waals surface area contributed by atoms with Gasteiger partial charge in [0.2, 0.25) is 11.8 Å². The number of nitrogens with zero attached hydrogens (tertiary/aromatic N) is 2. The molecular weight excluding hydrogens is 621 g/mol.